The molecule has 1 saturated heterocycles. The maximum Gasteiger partial charge on any atom is 0.226 e. The summed E-state index contributed by atoms with van der Waals surface area (Å²) >= 11 is 5.88. The van der Waals surface area contributed by atoms with Gasteiger partial charge in [-0.3, -0.25) is 9.78 Å². The van der Waals surface area contributed by atoms with E-state index in [1.165, 1.54) is 28.1 Å². The molecule has 1 amide bonds. The van der Waals surface area contributed by atoms with Crippen LogP contribution in [0.2, 0.25) is 0 Å². The van der Waals surface area contributed by atoms with Crippen molar-refractivity contribution in [1.82, 2.24) is 19.8 Å². The lowest BCUT2D eigenvalue weighted by atomic mass is 9.96. The van der Waals surface area contributed by atoms with Crippen molar-refractivity contribution in [3.05, 3.63) is 112 Å². The van der Waals surface area contributed by atoms with Crippen LogP contribution in [0, 0.1) is 27.7 Å². The molecule has 1 aliphatic heterocycles. The Bertz CT molecular complexity index is 1520. The Labute approximate surface area is 242 Å². The lowest BCUT2D eigenvalue weighted by Crippen LogP contribution is -2.33. The van der Waals surface area contributed by atoms with Crippen LogP contribution in [0.15, 0.2) is 72.9 Å². The molecule has 1 fully saturated rings. The zero-order valence-corrected chi connectivity index (χ0v) is 24.7. The van der Waals surface area contributed by atoms with Gasteiger partial charge in [0.25, 0.3) is 0 Å². The van der Waals surface area contributed by atoms with Crippen molar-refractivity contribution in [3.8, 4) is 5.69 Å². The molecule has 2 aromatic heterocycles. The van der Waals surface area contributed by atoms with Crippen LogP contribution in [-0.4, -0.2) is 32.0 Å². The number of amides is 1. The largest absolute Gasteiger partial charge is 0.352 e. The summed E-state index contributed by atoms with van der Waals surface area (Å²) < 4.78 is 2.35. The number of rotatable bonds is 8. The third-order valence-electron chi connectivity index (χ3n) is 7.90. The Balaban J connectivity index is 1.49. The van der Waals surface area contributed by atoms with Crippen molar-refractivity contribution >= 4 is 28.9 Å². The molecule has 2 aromatic carbocycles. The second-order valence-corrected chi connectivity index (χ2v) is 10.9. The molecule has 4 aromatic rings. The van der Waals surface area contributed by atoms with E-state index in [1.54, 1.807) is 0 Å². The van der Waals surface area contributed by atoms with Gasteiger partial charge in [-0.2, -0.15) is 0 Å². The topological polar surface area (TPSA) is 62.2 Å². The van der Waals surface area contributed by atoms with Crippen LogP contribution in [0.5, 0.6) is 0 Å². The highest BCUT2D eigenvalue weighted by atomic mass is 32.1. The maximum absolute atomic E-state index is 13.1. The first-order valence-electron chi connectivity index (χ1n) is 13.9. The fraction of sp³-hybridized carbons (Fsp3) is 0.303. The number of aromatic nitrogens is 2. The first kappa shape index (κ1) is 27.6. The zero-order chi connectivity index (χ0) is 28.4. The SMILES string of the molecule is CCc1ccccc1NC(=O)CCN1C(=S)N[C@@H](c2ccccn2)[C@@H]1c1cc(C)n(-c2c(C)cccc2C)c1C. The van der Waals surface area contributed by atoms with E-state index >= 15 is 0 Å². The Morgan fingerprint density at radius 2 is 1.73 bits per heavy atom. The van der Waals surface area contributed by atoms with Crippen molar-refractivity contribution < 1.29 is 4.79 Å². The maximum atomic E-state index is 13.1. The van der Waals surface area contributed by atoms with Crippen LogP contribution >= 0.6 is 12.2 Å². The number of nitrogens with zero attached hydrogens (tertiary/aromatic N) is 3. The Hall–Kier alpha value is -3.97. The first-order valence-corrected chi connectivity index (χ1v) is 14.3. The molecule has 0 bridgehead atoms. The molecule has 0 radical (unpaired) electrons. The van der Waals surface area contributed by atoms with Crippen LogP contribution in [0.4, 0.5) is 5.69 Å². The molecule has 0 spiro atoms. The molecule has 2 atom stereocenters. The van der Waals surface area contributed by atoms with Gasteiger partial charge in [-0.05, 0) is 92.9 Å². The number of carbonyl (C=O) groups is 1. The highest BCUT2D eigenvalue weighted by Crippen LogP contribution is 2.42. The van der Waals surface area contributed by atoms with Crippen LogP contribution < -0.4 is 10.6 Å². The number of thiocarbonyl (C=S) groups is 1. The molecule has 3 heterocycles. The van der Waals surface area contributed by atoms with Gasteiger partial charge in [-0.15, -0.1) is 0 Å². The quantitative estimate of drug-likeness (QED) is 0.240. The number of pyridine rings is 1. The van der Waals surface area contributed by atoms with Crippen LogP contribution in [0.3, 0.4) is 0 Å². The highest BCUT2D eigenvalue weighted by Gasteiger charge is 2.41. The molecule has 6 nitrogen and oxygen atoms in total. The summed E-state index contributed by atoms with van der Waals surface area (Å²) in [7, 11) is 0. The predicted octanol–water partition coefficient (Wildman–Crippen LogP) is 6.67. The minimum atomic E-state index is -0.135. The standard InChI is InChI=1S/C33H37N5OS/c1-6-25-14-7-8-15-27(25)35-29(39)17-19-37-32(30(36-33(37)40)28-16-9-10-18-34-28)26-20-23(4)38(24(26)5)31-21(2)12-11-13-22(31)3/h7-16,18,20,30,32H,6,17,19H2,1-5H3,(H,35,39)(H,36,40)/t30-,32-/m0/s1. The van der Waals surface area contributed by atoms with E-state index in [1.807, 2.05) is 42.6 Å². The number of anilines is 1. The summed E-state index contributed by atoms with van der Waals surface area (Å²) in [4.78, 5) is 20.0. The van der Waals surface area contributed by atoms with Crippen molar-refractivity contribution in [2.45, 2.75) is 59.5 Å². The predicted molar refractivity (Wildman–Crippen MR) is 166 cm³/mol. The summed E-state index contributed by atoms with van der Waals surface area (Å²) in [5.74, 6) is -0.0234. The number of nitrogens with one attached hydrogen (secondary N) is 2. The summed E-state index contributed by atoms with van der Waals surface area (Å²) in [5, 5.41) is 7.28. The van der Waals surface area contributed by atoms with E-state index in [9.17, 15) is 4.79 Å². The smallest absolute Gasteiger partial charge is 0.226 e. The number of benzene rings is 2. The van der Waals surface area contributed by atoms with Gasteiger partial charge in [-0.25, -0.2) is 0 Å². The number of hydrogen-bond donors (Lipinski definition) is 2. The monoisotopic (exact) mass is 551 g/mol. The number of carbonyl (C=O) groups excluding carboxylic acids is 1. The molecule has 5 rings (SSSR count). The van der Waals surface area contributed by atoms with Crippen molar-refractivity contribution in [3.63, 3.8) is 0 Å². The van der Waals surface area contributed by atoms with Gasteiger partial charge in [0.2, 0.25) is 5.91 Å². The van der Waals surface area contributed by atoms with Gasteiger partial charge in [-0.1, -0.05) is 49.4 Å². The number of aryl methyl sites for hydroxylation is 4. The molecule has 2 N–H and O–H groups in total. The van der Waals surface area contributed by atoms with Crippen LogP contribution in [-0.2, 0) is 11.2 Å². The average Bonchev–Trinajstić information content (AvgIpc) is 3.43. The average molecular weight is 552 g/mol. The first-order chi connectivity index (χ1) is 19.3. The van der Waals surface area contributed by atoms with Gasteiger partial charge in [0.05, 0.1) is 23.5 Å². The van der Waals surface area contributed by atoms with Crippen LogP contribution in [0.1, 0.15) is 64.8 Å². The van der Waals surface area contributed by atoms with Gasteiger partial charge in [0, 0.05) is 36.2 Å². The third-order valence-corrected chi connectivity index (χ3v) is 8.25. The minimum absolute atomic E-state index is 0.0234. The molecule has 0 saturated carbocycles. The Kier molecular flexibility index (Phi) is 8.03. The lowest BCUT2D eigenvalue weighted by Gasteiger charge is -2.28. The Morgan fingerprint density at radius 3 is 2.42 bits per heavy atom. The fourth-order valence-electron chi connectivity index (χ4n) is 5.96. The van der Waals surface area contributed by atoms with Gasteiger partial charge in [0.1, 0.15) is 0 Å². The molecule has 40 heavy (non-hydrogen) atoms. The second-order valence-electron chi connectivity index (χ2n) is 10.5. The van der Waals surface area contributed by atoms with Crippen molar-refractivity contribution in [1.29, 1.82) is 0 Å². The zero-order valence-electron chi connectivity index (χ0n) is 23.9. The third kappa shape index (κ3) is 5.26. The highest BCUT2D eigenvalue weighted by molar-refractivity contribution is 7.80. The second kappa shape index (κ2) is 11.6. The fourth-order valence-corrected chi connectivity index (χ4v) is 6.29. The van der Waals surface area contributed by atoms with Gasteiger partial charge >= 0.3 is 0 Å². The van der Waals surface area contributed by atoms with Gasteiger partial charge < -0.3 is 20.1 Å². The van der Waals surface area contributed by atoms with Gasteiger partial charge in [0.15, 0.2) is 5.11 Å². The van der Waals surface area contributed by atoms with E-state index < -0.39 is 0 Å². The molecule has 206 valence electrons. The van der Waals surface area contributed by atoms with E-state index in [2.05, 4.69) is 90.0 Å². The molecule has 7 heteroatoms. The van der Waals surface area contributed by atoms with E-state index in [4.69, 9.17) is 12.2 Å². The molecule has 0 unspecified atom stereocenters. The van der Waals surface area contributed by atoms with E-state index in [0.717, 1.165) is 29.1 Å². The summed E-state index contributed by atoms with van der Waals surface area (Å²) in [6.07, 6.45) is 3.00. The molecular weight excluding hydrogens is 514 g/mol. The van der Waals surface area contributed by atoms with E-state index in [0.29, 0.717) is 18.1 Å². The van der Waals surface area contributed by atoms with Crippen molar-refractivity contribution in [2.24, 2.45) is 0 Å². The summed E-state index contributed by atoms with van der Waals surface area (Å²) in [6, 6.07) is 22.4. The molecular formula is C33H37N5OS. The molecule has 0 aliphatic carbocycles. The summed E-state index contributed by atoms with van der Waals surface area (Å²) in [5.41, 5.74) is 10.1. The number of hydrogen-bond acceptors (Lipinski definition) is 3. The van der Waals surface area contributed by atoms with Crippen molar-refractivity contribution in [2.75, 3.05) is 11.9 Å². The normalized spacial score (nSPS) is 16.7. The number of para-hydroxylation sites is 2. The minimum Gasteiger partial charge on any atom is -0.352 e. The lowest BCUT2D eigenvalue weighted by molar-refractivity contribution is -0.116. The summed E-state index contributed by atoms with van der Waals surface area (Å²) in [6.45, 7) is 11.2. The Morgan fingerprint density at radius 1 is 1.00 bits per heavy atom. The van der Waals surface area contributed by atoms with E-state index in [-0.39, 0.29) is 18.0 Å². The van der Waals surface area contributed by atoms with Crippen LogP contribution in [0.25, 0.3) is 5.69 Å². The molecule has 1 aliphatic rings.